The van der Waals surface area contributed by atoms with E-state index >= 15 is 0 Å². The normalized spacial score (nSPS) is 24.2. The molecule has 0 aromatic rings. The van der Waals surface area contributed by atoms with Crippen LogP contribution in [0.5, 0.6) is 0 Å². The van der Waals surface area contributed by atoms with Gasteiger partial charge < -0.3 is 9.47 Å². The number of ether oxygens (including phenoxy) is 2. The van der Waals surface area contributed by atoms with Gasteiger partial charge in [-0.05, 0) is 20.8 Å². The summed E-state index contributed by atoms with van der Waals surface area (Å²) >= 11 is 0. The Morgan fingerprint density at radius 2 is 1.76 bits per heavy atom. The van der Waals surface area contributed by atoms with Crippen LogP contribution < -0.4 is 0 Å². The fourth-order valence-electron chi connectivity index (χ4n) is 0.990. The molecule has 0 spiro atoms. The highest BCUT2D eigenvalue weighted by Crippen LogP contribution is 2.22. The molecule has 1 fully saturated rings. The van der Waals surface area contributed by atoms with Gasteiger partial charge in [-0.2, -0.15) is 4.89 Å². The first-order valence-electron chi connectivity index (χ1n) is 5.15. The molecule has 1 aliphatic rings. The molecule has 6 heteroatoms. The molecule has 0 bridgehead atoms. The Bertz CT molecular complexity index is 334. The summed E-state index contributed by atoms with van der Waals surface area (Å²) in [6.07, 6.45) is 2.00. The number of hydrogen-bond donors (Lipinski definition) is 0. The summed E-state index contributed by atoms with van der Waals surface area (Å²) < 4.78 is 9.84. The topological polar surface area (TPSA) is 71.1 Å². The Kier molecular flexibility index (Phi) is 3.90. The van der Waals surface area contributed by atoms with Crippen molar-refractivity contribution in [2.45, 2.75) is 39.1 Å². The van der Waals surface area contributed by atoms with Crippen LogP contribution >= 0.6 is 0 Å². The second-order valence-electron chi connectivity index (χ2n) is 4.77. The van der Waals surface area contributed by atoms with Crippen molar-refractivity contribution in [3.8, 4) is 0 Å². The minimum atomic E-state index is -1.06. The summed E-state index contributed by atoms with van der Waals surface area (Å²) in [4.78, 5) is 31.5. The van der Waals surface area contributed by atoms with E-state index in [1.165, 1.54) is 0 Å². The molecule has 17 heavy (non-hydrogen) atoms. The van der Waals surface area contributed by atoms with Gasteiger partial charge in [0.05, 0.1) is 0 Å². The Balaban J connectivity index is 2.37. The average Bonchev–Trinajstić information content (AvgIpc) is 2.09. The van der Waals surface area contributed by atoms with Crippen molar-refractivity contribution in [3.63, 3.8) is 0 Å². The Morgan fingerprint density at radius 1 is 1.24 bits per heavy atom. The van der Waals surface area contributed by atoms with E-state index in [1.807, 2.05) is 0 Å². The maximum absolute atomic E-state index is 11.3. The Morgan fingerprint density at radius 3 is 2.18 bits per heavy atom. The van der Waals surface area contributed by atoms with Gasteiger partial charge in [-0.3, -0.25) is 0 Å². The van der Waals surface area contributed by atoms with Crippen molar-refractivity contribution in [3.05, 3.63) is 12.2 Å². The molecule has 1 aliphatic heterocycles. The van der Waals surface area contributed by atoms with Crippen LogP contribution in [0.4, 0.5) is 0 Å². The summed E-state index contributed by atoms with van der Waals surface area (Å²) in [5.41, 5.74) is -0.595. The quantitative estimate of drug-likeness (QED) is 0.420. The fraction of sp³-hybridized carbons (Fsp3) is 0.636. The van der Waals surface area contributed by atoms with Gasteiger partial charge in [0.25, 0.3) is 5.79 Å². The lowest BCUT2D eigenvalue weighted by Crippen LogP contribution is -2.48. The lowest BCUT2D eigenvalue weighted by atomic mass is 10.2. The molecule has 0 aromatic heterocycles. The summed E-state index contributed by atoms with van der Waals surface area (Å²) in [6, 6.07) is 0. The highest BCUT2D eigenvalue weighted by molar-refractivity contribution is 5.91. The van der Waals surface area contributed by atoms with E-state index in [9.17, 15) is 9.59 Å². The van der Waals surface area contributed by atoms with Crippen LogP contribution in [0.3, 0.4) is 0 Å². The molecule has 0 aromatic carbocycles. The number of carbonyl (C=O) groups excluding carboxylic acids is 2. The van der Waals surface area contributed by atoms with Crippen molar-refractivity contribution in [1.29, 1.82) is 0 Å². The molecular formula is C11H16O6. The third kappa shape index (κ3) is 4.97. The summed E-state index contributed by atoms with van der Waals surface area (Å²) in [6.45, 7) is 6.92. The number of carbonyl (C=O) groups is 2. The van der Waals surface area contributed by atoms with E-state index in [0.717, 1.165) is 12.2 Å². The molecule has 0 radical (unpaired) electrons. The van der Waals surface area contributed by atoms with Crippen molar-refractivity contribution in [2.24, 2.45) is 0 Å². The van der Waals surface area contributed by atoms with Gasteiger partial charge >= 0.3 is 11.9 Å². The van der Waals surface area contributed by atoms with Gasteiger partial charge in [0.15, 0.2) is 6.61 Å². The highest BCUT2D eigenvalue weighted by atomic mass is 17.3. The molecule has 1 atom stereocenters. The standard InChI is InChI=1S/C11H16O6/c1-10(2,3)15-8(12)5-6-9(13)16-11(4)7-14-17-11/h5-6H,7H2,1-4H3/b6-5+. The van der Waals surface area contributed by atoms with Crippen LogP contribution in [0, 0.1) is 0 Å². The van der Waals surface area contributed by atoms with Crippen molar-refractivity contribution < 1.29 is 28.8 Å². The van der Waals surface area contributed by atoms with E-state index in [-0.39, 0.29) is 6.61 Å². The van der Waals surface area contributed by atoms with E-state index in [4.69, 9.17) is 9.47 Å². The minimum absolute atomic E-state index is 0.166. The monoisotopic (exact) mass is 244 g/mol. The smallest absolute Gasteiger partial charge is 0.333 e. The molecule has 0 aliphatic carbocycles. The van der Waals surface area contributed by atoms with Gasteiger partial charge in [0, 0.05) is 19.1 Å². The third-order valence-corrected chi connectivity index (χ3v) is 1.64. The fourth-order valence-corrected chi connectivity index (χ4v) is 0.990. The molecule has 1 heterocycles. The molecule has 6 nitrogen and oxygen atoms in total. The van der Waals surface area contributed by atoms with Crippen LogP contribution in [0.15, 0.2) is 12.2 Å². The third-order valence-electron chi connectivity index (χ3n) is 1.64. The first kappa shape index (κ1) is 13.7. The Hall–Kier alpha value is -1.40. The maximum atomic E-state index is 11.3. The van der Waals surface area contributed by atoms with Crippen LogP contribution in [0.2, 0.25) is 0 Å². The van der Waals surface area contributed by atoms with Crippen molar-refractivity contribution in [1.82, 2.24) is 0 Å². The summed E-state index contributed by atoms with van der Waals surface area (Å²) in [5.74, 6) is -2.36. The van der Waals surface area contributed by atoms with Crippen LogP contribution in [0.25, 0.3) is 0 Å². The zero-order valence-electron chi connectivity index (χ0n) is 10.3. The SMILES string of the molecule is CC(C)(C)OC(=O)/C=C/C(=O)OC1(C)COO1. The molecular weight excluding hydrogens is 228 g/mol. The second kappa shape index (κ2) is 4.85. The molecule has 1 rings (SSSR count). The van der Waals surface area contributed by atoms with Gasteiger partial charge in [-0.15, -0.1) is 0 Å². The Labute approximate surface area is 99.4 Å². The maximum Gasteiger partial charge on any atom is 0.333 e. The zero-order valence-corrected chi connectivity index (χ0v) is 10.3. The number of esters is 2. The number of rotatable bonds is 3. The zero-order chi connectivity index (χ0) is 13.1. The van der Waals surface area contributed by atoms with Crippen molar-refractivity contribution in [2.75, 3.05) is 6.61 Å². The predicted octanol–water partition coefficient (Wildman–Crippen LogP) is 1.11. The summed E-state index contributed by atoms with van der Waals surface area (Å²) in [7, 11) is 0. The molecule has 0 saturated carbocycles. The lowest BCUT2D eigenvalue weighted by molar-refractivity contribution is -0.521. The van der Waals surface area contributed by atoms with E-state index in [2.05, 4.69) is 9.78 Å². The lowest BCUT2D eigenvalue weighted by Gasteiger charge is -2.34. The molecule has 96 valence electrons. The van der Waals surface area contributed by atoms with Gasteiger partial charge in [-0.25, -0.2) is 14.5 Å². The van der Waals surface area contributed by atoms with E-state index < -0.39 is 23.3 Å². The molecule has 1 unspecified atom stereocenters. The van der Waals surface area contributed by atoms with Crippen LogP contribution in [-0.2, 0) is 28.8 Å². The minimum Gasteiger partial charge on any atom is -0.457 e. The predicted molar refractivity (Wildman–Crippen MR) is 56.5 cm³/mol. The first-order valence-corrected chi connectivity index (χ1v) is 5.15. The largest absolute Gasteiger partial charge is 0.457 e. The molecule has 0 N–H and O–H groups in total. The van der Waals surface area contributed by atoms with Crippen LogP contribution in [-0.4, -0.2) is 29.9 Å². The van der Waals surface area contributed by atoms with Gasteiger partial charge in [0.2, 0.25) is 0 Å². The van der Waals surface area contributed by atoms with E-state index in [1.54, 1.807) is 27.7 Å². The molecule has 0 amide bonds. The van der Waals surface area contributed by atoms with Crippen LogP contribution in [0.1, 0.15) is 27.7 Å². The van der Waals surface area contributed by atoms with Gasteiger partial charge in [-0.1, -0.05) is 0 Å². The highest BCUT2D eigenvalue weighted by Gasteiger charge is 2.40. The second-order valence-corrected chi connectivity index (χ2v) is 4.77. The molecule has 1 saturated heterocycles. The average molecular weight is 244 g/mol. The summed E-state index contributed by atoms with van der Waals surface area (Å²) in [5, 5.41) is 0. The number of hydrogen-bond acceptors (Lipinski definition) is 6. The van der Waals surface area contributed by atoms with E-state index in [0.29, 0.717) is 0 Å². The van der Waals surface area contributed by atoms with Gasteiger partial charge in [0.1, 0.15) is 5.60 Å². The first-order chi connectivity index (χ1) is 7.70. The van der Waals surface area contributed by atoms with Crippen molar-refractivity contribution >= 4 is 11.9 Å².